The Morgan fingerprint density at radius 2 is 2.12 bits per heavy atom. The van der Waals surface area contributed by atoms with Gasteiger partial charge in [-0.25, -0.2) is 9.18 Å². The summed E-state index contributed by atoms with van der Waals surface area (Å²) in [6.07, 6.45) is 2.89. The Labute approximate surface area is 147 Å². The molecule has 0 saturated heterocycles. The van der Waals surface area contributed by atoms with Gasteiger partial charge in [-0.05, 0) is 61.1 Å². The maximum Gasteiger partial charge on any atom is 0.322 e. The number of halogens is 1. The van der Waals surface area contributed by atoms with E-state index in [-0.39, 0.29) is 31.0 Å². The van der Waals surface area contributed by atoms with Gasteiger partial charge >= 0.3 is 6.03 Å². The molecule has 0 spiro atoms. The lowest BCUT2D eigenvalue weighted by Crippen LogP contribution is -2.41. The molecule has 0 radical (unpaired) electrons. The van der Waals surface area contributed by atoms with Gasteiger partial charge in [-0.3, -0.25) is 0 Å². The molecule has 1 unspecified atom stereocenters. The Bertz CT molecular complexity index is 763. The van der Waals surface area contributed by atoms with Crippen LogP contribution in [0, 0.1) is 12.7 Å². The van der Waals surface area contributed by atoms with Crippen LogP contribution >= 0.6 is 0 Å². The number of benzene rings is 2. The number of rotatable bonds is 4. The first-order chi connectivity index (χ1) is 12.1. The highest BCUT2D eigenvalue weighted by Gasteiger charge is 2.29. The summed E-state index contributed by atoms with van der Waals surface area (Å²) in [7, 11) is 0. The molecule has 2 N–H and O–H groups in total. The third-order valence-corrected chi connectivity index (χ3v) is 4.75. The van der Waals surface area contributed by atoms with E-state index in [1.807, 2.05) is 12.1 Å². The van der Waals surface area contributed by atoms with Crippen molar-refractivity contribution in [3.63, 3.8) is 0 Å². The Morgan fingerprint density at radius 1 is 1.32 bits per heavy atom. The lowest BCUT2D eigenvalue weighted by atomic mass is 9.87. The Morgan fingerprint density at radius 3 is 2.88 bits per heavy atom. The van der Waals surface area contributed by atoms with E-state index in [2.05, 4.69) is 17.4 Å². The van der Waals surface area contributed by atoms with Crippen LogP contribution in [-0.2, 0) is 6.42 Å². The first-order valence-corrected chi connectivity index (χ1v) is 8.62. The maximum absolute atomic E-state index is 13.3. The van der Waals surface area contributed by atoms with Crippen LogP contribution in [0.2, 0.25) is 0 Å². The zero-order valence-corrected chi connectivity index (χ0v) is 14.3. The molecule has 3 rings (SSSR count). The second-order valence-corrected chi connectivity index (χ2v) is 6.41. The molecule has 4 nitrogen and oxygen atoms in total. The predicted molar refractivity (Wildman–Crippen MR) is 96.1 cm³/mol. The number of aliphatic hydroxyl groups excluding tert-OH is 1. The number of aryl methyl sites for hydroxylation is 2. The number of amides is 2. The quantitative estimate of drug-likeness (QED) is 0.881. The third-order valence-electron chi connectivity index (χ3n) is 4.75. The van der Waals surface area contributed by atoms with Crippen molar-refractivity contribution in [2.75, 3.05) is 18.5 Å². The van der Waals surface area contributed by atoms with Gasteiger partial charge in [0, 0.05) is 12.2 Å². The van der Waals surface area contributed by atoms with Gasteiger partial charge in [-0.2, -0.15) is 0 Å². The number of anilines is 1. The summed E-state index contributed by atoms with van der Waals surface area (Å²) in [5, 5.41) is 12.3. The minimum Gasteiger partial charge on any atom is -0.395 e. The van der Waals surface area contributed by atoms with Crippen molar-refractivity contribution < 1.29 is 14.3 Å². The number of hydrogen-bond donors (Lipinski definition) is 2. The summed E-state index contributed by atoms with van der Waals surface area (Å²) in [5.41, 5.74) is 3.65. The normalized spacial score (nSPS) is 16.2. The van der Waals surface area contributed by atoms with E-state index < -0.39 is 0 Å². The molecule has 2 amide bonds. The van der Waals surface area contributed by atoms with E-state index in [1.165, 1.54) is 17.7 Å². The van der Waals surface area contributed by atoms with Crippen LogP contribution in [0.1, 0.15) is 35.6 Å². The van der Waals surface area contributed by atoms with Crippen LogP contribution in [-0.4, -0.2) is 29.2 Å². The van der Waals surface area contributed by atoms with Crippen LogP contribution in [0.5, 0.6) is 0 Å². The molecule has 0 saturated carbocycles. The standard InChI is InChI=1S/C20H23FN2O2/c1-14-13-16(21)9-10-18(14)22-20(25)23(11-12-24)19-8-4-6-15-5-2-3-7-17(15)19/h2-3,5,7,9-10,13,19,24H,4,6,8,11-12H2,1H3,(H,22,25). The lowest BCUT2D eigenvalue weighted by Gasteiger charge is -2.35. The fourth-order valence-corrected chi connectivity index (χ4v) is 3.51. The van der Waals surface area contributed by atoms with Crippen molar-refractivity contribution in [3.05, 3.63) is 65.0 Å². The van der Waals surface area contributed by atoms with Gasteiger partial charge in [-0.1, -0.05) is 24.3 Å². The molecule has 25 heavy (non-hydrogen) atoms. The maximum atomic E-state index is 13.3. The van der Waals surface area contributed by atoms with Crippen molar-refractivity contribution in [2.45, 2.75) is 32.2 Å². The van der Waals surface area contributed by atoms with E-state index in [0.717, 1.165) is 24.8 Å². The number of nitrogens with zero attached hydrogens (tertiary/aromatic N) is 1. The zero-order valence-electron chi connectivity index (χ0n) is 14.3. The molecule has 0 fully saturated rings. The van der Waals surface area contributed by atoms with Crippen molar-refractivity contribution in [2.24, 2.45) is 0 Å². The average Bonchev–Trinajstić information content (AvgIpc) is 2.61. The molecule has 2 aromatic carbocycles. The molecule has 0 heterocycles. The monoisotopic (exact) mass is 342 g/mol. The highest BCUT2D eigenvalue weighted by Crippen LogP contribution is 2.34. The number of urea groups is 1. The van der Waals surface area contributed by atoms with Crippen molar-refractivity contribution in [1.29, 1.82) is 0 Å². The molecular weight excluding hydrogens is 319 g/mol. The summed E-state index contributed by atoms with van der Waals surface area (Å²) in [4.78, 5) is 14.5. The molecule has 1 aliphatic rings. The van der Waals surface area contributed by atoms with E-state index in [9.17, 15) is 14.3 Å². The van der Waals surface area contributed by atoms with Gasteiger partial charge in [-0.15, -0.1) is 0 Å². The van der Waals surface area contributed by atoms with Gasteiger partial charge in [0.05, 0.1) is 12.6 Å². The number of nitrogens with one attached hydrogen (secondary N) is 1. The van der Waals surface area contributed by atoms with E-state index >= 15 is 0 Å². The second-order valence-electron chi connectivity index (χ2n) is 6.41. The average molecular weight is 342 g/mol. The SMILES string of the molecule is Cc1cc(F)ccc1NC(=O)N(CCO)C1CCCc2ccccc21. The molecule has 1 atom stereocenters. The summed E-state index contributed by atoms with van der Waals surface area (Å²) < 4.78 is 13.3. The molecule has 2 aromatic rings. The summed E-state index contributed by atoms with van der Waals surface area (Å²) in [6.45, 7) is 1.91. The molecule has 0 aliphatic heterocycles. The van der Waals surface area contributed by atoms with Gasteiger partial charge < -0.3 is 15.3 Å². The first kappa shape index (κ1) is 17.4. The van der Waals surface area contributed by atoms with Crippen molar-refractivity contribution >= 4 is 11.7 Å². The van der Waals surface area contributed by atoms with E-state index in [4.69, 9.17) is 0 Å². The first-order valence-electron chi connectivity index (χ1n) is 8.62. The van der Waals surface area contributed by atoms with Gasteiger partial charge in [0.2, 0.25) is 0 Å². The molecule has 0 aromatic heterocycles. The summed E-state index contributed by atoms with van der Waals surface area (Å²) in [5.74, 6) is -0.330. The van der Waals surface area contributed by atoms with E-state index in [0.29, 0.717) is 11.3 Å². The molecule has 5 heteroatoms. The van der Waals surface area contributed by atoms with Crippen molar-refractivity contribution in [1.82, 2.24) is 4.90 Å². The van der Waals surface area contributed by atoms with Crippen LogP contribution in [0.4, 0.5) is 14.9 Å². The summed E-state index contributed by atoms with van der Waals surface area (Å²) in [6, 6.07) is 12.1. The fourth-order valence-electron chi connectivity index (χ4n) is 3.51. The Kier molecular flexibility index (Phi) is 5.34. The molecule has 0 bridgehead atoms. The van der Waals surface area contributed by atoms with Gasteiger partial charge in [0.25, 0.3) is 0 Å². The van der Waals surface area contributed by atoms with Crippen LogP contribution in [0.15, 0.2) is 42.5 Å². The topological polar surface area (TPSA) is 52.6 Å². The number of aliphatic hydroxyl groups is 1. The predicted octanol–water partition coefficient (Wildman–Crippen LogP) is 4.04. The molecular formula is C20H23FN2O2. The van der Waals surface area contributed by atoms with Gasteiger partial charge in [0.1, 0.15) is 5.82 Å². The third kappa shape index (κ3) is 3.82. The van der Waals surface area contributed by atoms with Gasteiger partial charge in [0.15, 0.2) is 0 Å². The van der Waals surface area contributed by atoms with Crippen LogP contribution in [0.25, 0.3) is 0 Å². The zero-order chi connectivity index (χ0) is 17.8. The fraction of sp³-hybridized carbons (Fsp3) is 0.350. The number of carbonyl (C=O) groups excluding carboxylic acids is 1. The molecule has 132 valence electrons. The second kappa shape index (κ2) is 7.66. The summed E-state index contributed by atoms with van der Waals surface area (Å²) >= 11 is 0. The Hall–Kier alpha value is -2.40. The lowest BCUT2D eigenvalue weighted by molar-refractivity contribution is 0.155. The molecule has 1 aliphatic carbocycles. The largest absolute Gasteiger partial charge is 0.395 e. The number of fused-ring (bicyclic) bond motifs is 1. The highest BCUT2D eigenvalue weighted by atomic mass is 19.1. The number of hydrogen-bond acceptors (Lipinski definition) is 2. The Balaban J connectivity index is 1.85. The van der Waals surface area contributed by atoms with E-state index in [1.54, 1.807) is 17.9 Å². The minimum atomic E-state index is -0.330. The minimum absolute atomic E-state index is 0.0575. The van der Waals surface area contributed by atoms with Crippen molar-refractivity contribution in [3.8, 4) is 0 Å². The van der Waals surface area contributed by atoms with Crippen LogP contribution < -0.4 is 5.32 Å². The highest BCUT2D eigenvalue weighted by molar-refractivity contribution is 5.90. The van der Waals surface area contributed by atoms with Crippen LogP contribution in [0.3, 0.4) is 0 Å². The number of carbonyl (C=O) groups is 1. The smallest absolute Gasteiger partial charge is 0.322 e.